The van der Waals surface area contributed by atoms with Gasteiger partial charge in [-0.25, -0.2) is 9.78 Å². The molecule has 0 saturated carbocycles. The van der Waals surface area contributed by atoms with E-state index in [9.17, 15) is 14.4 Å². The van der Waals surface area contributed by atoms with Crippen LogP contribution in [0.4, 0.5) is 0 Å². The number of aryl methyl sites for hydroxylation is 2. The van der Waals surface area contributed by atoms with Crippen molar-refractivity contribution in [3.8, 4) is 5.69 Å². The largest absolute Gasteiger partial charge is 0.332 e. The van der Waals surface area contributed by atoms with E-state index in [0.29, 0.717) is 5.69 Å². The second kappa shape index (κ2) is 4.80. The average molecular weight is 298 g/mol. The van der Waals surface area contributed by atoms with Gasteiger partial charge in [0.05, 0.1) is 5.69 Å². The molecule has 0 bridgehead atoms. The Morgan fingerprint density at radius 1 is 0.909 bits per heavy atom. The van der Waals surface area contributed by atoms with Crippen molar-refractivity contribution < 1.29 is 0 Å². The Labute approximate surface area is 124 Å². The fraction of sp³-hybridized carbons (Fsp3) is 0.200. The third-order valence-corrected chi connectivity index (χ3v) is 3.67. The van der Waals surface area contributed by atoms with Crippen LogP contribution < -0.4 is 16.8 Å². The first-order valence-electron chi connectivity index (χ1n) is 6.66. The lowest BCUT2D eigenvalue weighted by molar-refractivity contribution is 0.702. The van der Waals surface area contributed by atoms with Crippen LogP contribution in [0.25, 0.3) is 16.7 Å². The van der Waals surface area contributed by atoms with E-state index < -0.39 is 16.8 Å². The summed E-state index contributed by atoms with van der Waals surface area (Å²) in [4.78, 5) is 40.9. The molecule has 0 N–H and O–H groups in total. The lowest BCUT2D eigenvalue weighted by atomic mass is 10.2. The quantitative estimate of drug-likeness (QED) is 0.638. The van der Waals surface area contributed by atoms with Gasteiger partial charge >= 0.3 is 5.69 Å². The van der Waals surface area contributed by atoms with Crippen molar-refractivity contribution in [3.05, 3.63) is 67.3 Å². The summed E-state index contributed by atoms with van der Waals surface area (Å²) >= 11 is 0. The molecule has 2 aromatic heterocycles. The van der Waals surface area contributed by atoms with Gasteiger partial charge in [-0.1, -0.05) is 17.7 Å². The average Bonchev–Trinajstić information content (AvgIpc) is 2.51. The maximum Gasteiger partial charge on any atom is 0.332 e. The summed E-state index contributed by atoms with van der Waals surface area (Å²) in [6.07, 6.45) is 1.33. The van der Waals surface area contributed by atoms with E-state index in [1.54, 1.807) is 12.1 Å². The molecule has 0 unspecified atom stereocenters. The Morgan fingerprint density at radius 2 is 1.55 bits per heavy atom. The first-order valence-corrected chi connectivity index (χ1v) is 6.66. The summed E-state index contributed by atoms with van der Waals surface area (Å²) in [5.41, 5.74) is 0.103. The van der Waals surface area contributed by atoms with E-state index in [2.05, 4.69) is 4.98 Å². The standard InChI is InChI=1S/C15H14N4O3/c1-9-4-6-10(7-5-9)19-8-16-12-11(14(19)21)13(20)18(3)15(22)17(12)2/h4-8H,1-3H3. The highest BCUT2D eigenvalue weighted by molar-refractivity contribution is 5.72. The number of benzene rings is 1. The molecule has 0 aliphatic carbocycles. The van der Waals surface area contributed by atoms with Gasteiger partial charge in [-0.3, -0.25) is 23.3 Å². The van der Waals surface area contributed by atoms with E-state index in [-0.39, 0.29) is 11.0 Å². The van der Waals surface area contributed by atoms with Crippen molar-refractivity contribution >= 4 is 11.0 Å². The Balaban J connectivity index is 2.45. The molecule has 3 aromatic rings. The third kappa shape index (κ3) is 1.90. The normalized spacial score (nSPS) is 11.0. The smallest absolute Gasteiger partial charge is 0.280 e. The van der Waals surface area contributed by atoms with Crippen LogP contribution in [0.15, 0.2) is 45.0 Å². The van der Waals surface area contributed by atoms with Gasteiger partial charge in [0.15, 0.2) is 5.65 Å². The molecule has 7 heteroatoms. The zero-order valence-electron chi connectivity index (χ0n) is 12.4. The summed E-state index contributed by atoms with van der Waals surface area (Å²) < 4.78 is 3.40. The minimum Gasteiger partial charge on any atom is -0.280 e. The predicted molar refractivity (Wildman–Crippen MR) is 82.6 cm³/mol. The van der Waals surface area contributed by atoms with Crippen LogP contribution in [-0.4, -0.2) is 18.7 Å². The van der Waals surface area contributed by atoms with Crippen LogP contribution in [0.2, 0.25) is 0 Å². The number of nitrogens with zero attached hydrogens (tertiary/aromatic N) is 4. The molecule has 1 aromatic carbocycles. The van der Waals surface area contributed by atoms with Gasteiger partial charge in [-0.15, -0.1) is 0 Å². The van der Waals surface area contributed by atoms with Crippen LogP contribution in [0.1, 0.15) is 5.56 Å². The topological polar surface area (TPSA) is 78.9 Å². The Morgan fingerprint density at radius 3 is 2.18 bits per heavy atom. The van der Waals surface area contributed by atoms with Crippen LogP contribution in [-0.2, 0) is 14.1 Å². The maximum atomic E-state index is 12.6. The molecule has 0 saturated heterocycles. The number of fused-ring (bicyclic) bond motifs is 1. The highest BCUT2D eigenvalue weighted by atomic mass is 16.2. The molecule has 0 amide bonds. The fourth-order valence-corrected chi connectivity index (χ4v) is 2.35. The molecule has 0 fully saturated rings. The first-order chi connectivity index (χ1) is 10.4. The molecule has 112 valence electrons. The van der Waals surface area contributed by atoms with Gasteiger partial charge in [-0.05, 0) is 19.1 Å². The van der Waals surface area contributed by atoms with Crippen molar-refractivity contribution in [1.82, 2.24) is 18.7 Å². The number of hydrogen-bond donors (Lipinski definition) is 0. The van der Waals surface area contributed by atoms with Crippen molar-refractivity contribution in [2.75, 3.05) is 0 Å². The Kier molecular flexibility index (Phi) is 3.05. The third-order valence-electron chi connectivity index (χ3n) is 3.67. The predicted octanol–water partition coefficient (Wildman–Crippen LogP) is 0.0915. The highest BCUT2D eigenvalue weighted by Gasteiger charge is 2.15. The molecule has 0 aliphatic heterocycles. The Bertz CT molecular complexity index is 1060. The number of aromatic nitrogens is 4. The Hall–Kier alpha value is -2.96. The first kappa shape index (κ1) is 14.0. The van der Waals surface area contributed by atoms with Crippen molar-refractivity contribution in [2.24, 2.45) is 14.1 Å². The van der Waals surface area contributed by atoms with Crippen LogP contribution in [0.3, 0.4) is 0 Å². The molecule has 22 heavy (non-hydrogen) atoms. The van der Waals surface area contributed by atoms with Gasteiger partial charge in [0.1, 0.15) is 11.7 Å². The van der Waals surface area contributed by atoms with Gasteiger partial charge in [0.2, 0.25) is 0 Å². The van der Waals surface area contributed by atoms with Crippen molar-refractivity contribution in [2.45, 2.75) is 6.92 Å². The maximum absolute atomic E-state index is 12.6. The van der Waals surface area contributed by atoms with Crippen LogP contribution >= 0.6 is 0 Å². The minimum absolute atomic E-state index is 0.0847. The molecular weight excluding hydrogens is 284 g/mol. The summed E-state index contributed by atoms with van der Waals surface area (Å²) in [7, 11) is 2.82. The van der Waals surface area contributed by atoms with E-state index >= 15 is 0 Å². The van der Waals surface area contributed by atoms with Gasteiger partial charge in [0, 0.05) is 14.1 Å². The SMILES string of the molecule is Cc1ccc(-n2cnc3c(c2=O)c(=O)n(C)c(=O)n3C)cc1. The zero-order chi connectivity index (χ0) is 16.0. The zero-order valence-corrected chi connectivity index (χ0v) is 12.4. The van der Waals surface area contributed by atoms with E-state index in [1.807, 2.05) is 19.1 Å². The number of hydrogen-bond acceptors (Lipinski definition) is 4. The monoisotopic (exact) mass is 298 g/mol. The molecule has 2 heterocycles. The summed E-state index contributed by atoms with van der Waals surface area (Å²) in [6.45, 7) is 1.94. The molecule has 0 atom stereocenters. The van der Waals surface area contributed by atoms with Crippen LogP contribution in [0, 0.1) is 6.92 Å². The fourth-order valence-electron chi connectivity index (χ4n) is 2.35. The molecule has 0 spiro atoms. The van der Waals surface area contributed by atoms with Crippen molar-refractivity contribution in [3.63, 3.8) is 0 Å². The minimum atomic E-state index is -0.642. The van der Waals surface area contributed by atoms with E-state index in [0.717, 1.165) is 10.1 Å². The summed E-state index contributed by atoms with van der Waals surface area (Å²) in [5.74, 6) is 0. The second-order valence-electron chi connectivity index (χ2n) is 5.16. The molecule has 7 nitrogen and oxygen atoms in total. The molecule has 0 radical (unpaired) electrons. The van der Waals surface area contributed by atoms with Crippen LogP contribution in [0.5, 0.6) is 0 Å². The number of rotatable bonds is 1. The van der Waals surface area contributed by atoms with E-state index in [4.69, 9.17) is 0 Å². The summed E-state index contributed by atoms with van der Waals surface area (Å²) in [5, 5.41) is -0.104. The van der Waals surface area contributed by atoms with Crippen molar-refractivity contribution in [1.29, 1.82) is 0 Å². The second-order valence-corrected chi connectivity index (χ2v) is 5.16. The molecule has 0 aliphatic rings. The lowest BCUT2D eigenvalue weighted by Gasteiger charge is -2.09. The molecule has 3 rings (SSSR count). The highest BCUT2D eigenvalue weighted by Crippen LogP contribution is 2.07. The summed E-state index contributed by atoms with van der Waals surface area (Å²) in [6, 6.07) is 7.28. The van der Waals surface area contributed by atoms with Gasteiger partial charge < -0.3 is 0 Å². The van der Waals surface area contributed by atoms with Gasteiger partial charge in [-0.2, -0.15) is 0 Å². The lowest BCUT2D eigenvalue weighted by Crippen LogP contribution is -2.40. The van der Waals surface area contributed by atoms with Gasteiger partial charge in [0.25, 0.3) is 11.1 Å². The van der Waals surface area contributed by atoms with E-state index in [1.165, 1.54) is 29.6 Å². The molecular formula is C15H14N4O3.